The van der Waals surface area contributed by atoms with Crippen molar-refractivity contribution in [2.24, 2.45) is 0 Å². The summed E-state index contributed by atoms with van der Waals surface area (Å²) < 4.78 is 45.7. The molecule has 4 fully saturated rings. The molecule has 356 valence electrons. The molecule has 17 N–H and O–H groups in total. The minimum absolute atomic E-state index is 0.759. The first-order valence-electron chi connectivity index (χ1n) is 19.4. The summed E-state index contributed by atoms with van der Waals surface area (Å²) in [5.74, 6) is -1.53. The number of amides is 2. The third-order valence-electron chi connectivity index (χ3n) is 10.7. The number of nitrogens with one attached hydrogen (secondary N) is 2. The van der Waals surface area contributed by atoms with Crippen molar-refractivity contribution >= 4 is 11.8 Å². The third kappa shape index (κ3) is 12.0. The molecule has 27 heteroatoms. The number of carbonyl (C=O) groups excluding carboxylic acids is 2. The van der Waals surface area contributed by atoms with Crippen LogP contribution in [0, 0.1) is 0 Å². The number of ether oxygens (including phenoxy) is 8. The lowest BCUT2D eigenvalue weighted by molar-refractivity contribution is -0.373. The highest BCUT2D eigenvalue weighted by molar-refractivity contribution is 5.73. The zero-order valence-corrected chi connectivity index (χ0v) is 33.2. The van der Waals surface area contributed by atoms with Crippen molar-refractivity contribution in [3.05, 3.63) is 0 Å². The Hall–Kier alpha value is -1.98. The molecule has 0 radical (unpaired) electrons. The van der Waals surface area contributed by atoms with E-state index < -0.39 is 192 Å². The molecule has 4 aliphatic rings. The summed E-state index contributed by atoms with van der Waals surface area (Å²) in [6, 6.07) is -3.13. The van der Waals surface area contributed by atoms with Gasteiger partial charge in [0.15, 0.2) is 25.2 Å². The van der Waals surface area contributed by atoms with Gasteiger partial charge in [-0.1, -0.05) is 0 Å². The van der Waals surface area contributed by atoms with E-state index in [2.05, 4.69) is 10.6 Å². The Morgan fingerprint density at radius 3 is 1.67 bits per heavy atom. The molecule has 0 aromatic carbocycles. The second-order valence-corrected chi connectivity index (χ2v) is 15.2. The van der Waals surface area contributed by atoms with E-state index in [4.69, 9.17) is 37.9 Å². The van der Waals surface area contributed by atoms with Gasteiger partial charge in [-0.25, -0.2) is 0 Å². The maximum Gasteiger partial charge on any atom is 0.217 e. The van der Waals surface area contributed by atoms with Gasteiger partial charge in [0.25, 0.3) is 0 Å². The van der Waals surface area contributed by atoms with Gasteiger partial charge in [0, 0.05) is 13.8 Å². The molecule has 0 bridgehead atoms. The van der Waals surface area contributed by atoms with Gasteiger partial charge in [0.2, 0.25) is 11.8 Å². The van der Waals surface area contributed by atoms with Crippen LogP contribution in [-0.2, 0) is 47.5 Å². The fraction of sp³-hybridized carbons (Fsp3) is 0.941. The van der Waals surface area contributed by atoms with Crippen LogP contribution in [0.5, 0.6) is 0 Å². The number of aliphatic hydroxyl groups is 15. The Labute approximate surface area is 347 Å². The molecule has 0 unspecified atom stereocenters. The number of aliphatic hydroxyl groups excluding tert-OH is 15. The minimum atomic E-state index is -2.21. The van der Waals surface area contributed by atoms with Crippen molar-refractivity contribution in [1.82, 2.24) is 10.6 Å². The van der Waals surface area contributed by atoms with Gasteiger partial charge in [-0.15, -0.1) is 0 Å². The van der Waals surface area contributed by atoms with Crippen molar-refractivity contribution in [3.63, 3.8) is 0 Å². The van der Waals surface area contributed by atoms with E-state index in [1.807, 2.05) is 0 Å². The van der Waals surface area contributed by atoms with Gasteiger partial charge in [-0.2, -0.15) is 0 Å². The molecular formula is C34H60N2O25. The van der Waals surface area contributed by atoms with E-state index in [1.165, 1.54) is 6.92 Å². The monoisotopic (exact) mass is 896 g/mol. The van der Waals surface area contributed by atoms with Crippen molar-refractivity contribution in [2.75, 3.05) is 33.0 Å². The highest BCUT2D eigenvalue weighted by Gasteiger charge is 2.55. The normalized spacial score (nSPS) is 44.1. The first-order chi connectivity index (χ1) is 28.7. The van der Waals surface area contributed by atoms with E-state index in [1.54, 1.807) is 0 Å². The first-order valence-corrected chi connectivity index (χ1v) is 19.4. The fourth-order valence-electron chi connectivity index (χ4n) is 7.27. The van der Waals surface area contributed by atoms with Gasteiger partial charge in [0.1, 0.15) is 110 Å². The van der Waals surface area contributed by atoms with E-state index in [0.29, 0.717) is 0 Å². The Bertz CT molecular complexity index is 1370. The Morgan fingerprint density at radius 2 is 1.11 bits per heavy atom. The molecule has 0 aromatic rings. The summed E-state index contributed by atoms with van der Waals surface area (Å²) in [6.07, 6.45) is -40.5. The van der Waals surface area contributed by atoms with Crippen LogP contribution in [0.15, 0.2) is 0 Å². The highest BCUT2D eigenvalue weighted by atomic mass is 16.8. The SMILES string of the molecule is CC(=O)N[C@H]1[C@H](OC[C@H]2O[C@@H](O[C@@H]([C@@H](O)[C@H](O)CO)[C@H](CO)NC(C)=O)[C@H](O)[C@@H](O[C@@H]3O[C@H](CO)[C@H](O)[C@H](O)[C@H]3O)[C@H]2O)O[C@H](CO)[C@@H](O)[C@@H]1O[C@H]1O[C@H](C)[C@H](O)[C@H](O)[C@H]1O. The number of hydrogen-bond donors (Lipinski definition) is 17. The van der Waals surface area contributed by atoms with Crippen LogP contribution in [0.3, 0.4) is 0 Å². The first kappa shape index (κ1) is 51.7. The molecule has 4 rings (SSSR count). The van der Waals surface area contributed by atoms with Crippen molar-refractivity contribution in [2.45, 2.75) is 168 Å². The lowest BCUT2D eigenvalue weighted by Gasteiger charge is -2.48. The summed E-state index contributed by atoms with van der Waals surface area (Å²) in [4.78, 5) is 24.4. The average molecular weight is 897 g/mol. The van der Waals surface area contributed by atoms with Crippen LogP contribution in [-0.4, -0.2) is 269 Å². The van der Waals surface area contributed by atoms with Crippen LogP contribution in [0.25, 0.3) is 0 Å². The fourth-order valence-corrected chi connectivity index (χ4v) is 7.27. The molecule has 0 spiro atoms. The molecule has 27 nitrogen and oxygen atoms in total. The Kier molecular flexibility index (Phi) is 19.3. The van der Waals surface area contributed by atoms with Gasteiger partial charge < -0.3 is 125 Å². The molecular weight excluding hydrogens is 836 g/mol. The predicted octanol–water partition coefficient (Wildman–Crippen LogP) is -11.0. The number of carbonyl (C=O) groups is 2. The van der Waals surface area contributed by atoms with Crippen molar-refractivity contribution in [3.8, 4) is 0 Å². The lowest BCUT2D eigenvalue weighted by Crippen LogP contribution is -2.68. The molecule has 0 saturated carbocycles. The summed E-state index contributed by atoms with van der Waals surface area (Å²) in [7, 11) is 0. The second-order valence-electron chi connectivity index (χ2n) is 15.2. The zero-order chi connectivity index (χ0) is 45.6. The van der Waals surface area contributed by atoms with Crippen molar-refractivity contribution in [1.29, 1.82) is 0 Å². The molecule has 24 atom stereocenters. The summed E-state index contributed by atoms with van der Waals surface area (Å²) in [5, 5.41) is 162. The molecule has 4 heterocycles. The van der Waals surface area contributed by atoms with Crippen LogP contribution in [0.4, 0.5) is 0 Å². The largest absolute Gasteiger partial charge is 0.394 e. The van der Waals surface area contributed by atoms with E-state index in [0.717, 1.165) is 13.8 Å². The zero-order valence-electron chi connectivity index (χ0n) is 33.2. The lowest BCUT2D eigenvalue weighted by atomic mass is 9.95. The quantitative estimate of drug-likeness (QED) is 0.0607. The van der Waals surface area contributed by atoms with Crippen LogP contribution < -0.4 is 10.6 Å². The maximum atomic E-state index is 12.5. The maximum absolute atomic E-state index is 12.5. The molecule has 2 amide bonds. The highest BCUT2D eigenvalue weighted by Crippen LogP contribution is 2.34. The van der Waals surface area contributed by atoms with Crippen molar-refractivity contribution < 1.29 is 124 Å². The Morgan fingerprint density at radius 1 is 0.590 bits per heavy atom. The molecule has 4 aliphatic heterocycles. The van der Waals surface area contributed by atoms with Crippen LogP contribution in [0.1, 0.15) is 20.8 Å². The summed E-state index contributed by atoms with van der Waals surface area (Å²) >= 11 is 0. The third-order valence-corrected chi connectivity index (χ3v) is 10.7. The average Bonchev–Trinajstić information content (AvgIpc) is 3.22. The van der Waals surface area contributed by atoms with Gasteiger partial charge >= 0.3 is 0 Å². The standard InChI is InChI=1S/C34H60N2O25/c1-9-18(44)23(49)25(51)32(55-9)60-29-17(36-11(3)42)31(56-15(7-40)21(29)47)54-8-16-22(48)30(61-33-26(52)24(50)20(46)14(6-39)57-33)27(53)34(58-16)59-28(19(45)13(43)5-38)12(4-37)35-10(2)41/h9,12-34,37-40,43-53H,4-8H2,1-3H3,(H,35,41)(H,36,42)/t9-,12+,13-,14-,15-,16-,17-,18+,19+,20+,21-,22+,23+,24+,25-,26-,27-,28-,29-,30+,31-,32-,33+,34+/m1/s1. The van der Waals surface area contributed by atoms with E-state index in [9.17, 15) is 86.2 Å². The number of rotatable bonds is 18. The topological polar surface area (TPSA) is 435 Å². The molecule has 4 saturated heterocycles. The molecule has 0 aliphatic carbocycles. The van der Waals surface area contributed by atoms with Gasteiger partial charge in [0.05, 0.1) is 45.2 Å². The second kappa shape index (κ2) is 22.8. The Balaban J connectivity index is 1.68. The van der Waals surface area contributed by atoms with Crippen LogP contribution in [0.2, 0.25) is 0 Å². The van der Waals surface area contributed by atoms with E-state index in [-0.39, 0.29) is 0 Å². The number of hydrogen-bond acceptors (Lipinski definition) is 25. The molecule has 0 aromatic heterocycles. The smallest absolute Gasteiger partial charge is 0.217 e. The minimum Gasteiger partial charge on any atom is -0.394 e. The van der Waals surface area contributed by atoms with Gasteiger partial charge in [-0.05, 0) is 6.92 Å². The summed E-state index contributed by atoms with van der Waals surface area (Å²) in [6.45, 7) is -1.27. The summed E-state index contributed by atoms with van der Waals surface area (Å²) in [5.41, 5.74) is 0. The van der Waals surface area contributed by atoms with Gasteiger partial charge in [-0.3, -0.25) is 9.59 Å². The van der Waals surface area contributed by atoms with E-state index >= 15 is 0 Å². The van der Waals surface area contributed by atoms with Crippen LogP contribution >= 0.6 is 0 Å². The predicted molar refractivity (Wildman–Crippen MR) is 191 cm³/mol. The molecule has 61 heavy (non-hydrogen) atoms.